The lowest BCUT2D eigenvalue weighted by atomic mass is 9.98. The Morgan fingerprint density at radius 2 is 1.17 bits per heavy atom. The van der Waals surface area contributed by atoms with Gasteiger partial charge in [-0.25, -0.2) is 0 Å². The third kappa shape index (κ3) is 3.93. The highest BCUT2D eigenvalue weighted by Crippen LogP contribution is 2.32. The fourth-order valence-electron chi connectivity index (χ4n) is 4.95. The minimum absolute atomic E-state index is 0.514. The molecule has 36 heavy (non-hydrogen) atoms. The predicted molar refractivity (Wildman–Crippen MR) is 153 cm³/mol. The Kier molecular flexibility index (Phi) is 5.55. The second-order valence-corrected chi connectivity index (χ2v) is 9.10. The molecule has 6 aromatic rings. The number of para-hydroxylation sites is 2. The van der Waals surface area contributed by atoms with Crippen LogP contribution in [0.3, 0.4) is 0 Å². The SMILES string of the molecule is C/C(=C/C(=N)c1cccc(-c2ccc(-n3c4ccccc4c4ccccc43)cc2)c1)c1ccccc1. The fraction of sp³-hybridized carbons (Fsp3) is 0.0294. The second-order valence-electron chi connectivity index (χ2n) is 9.10. The molecule has 1 aromatic heterocycles. The molecule has 2 heteroatoms. The molecule has 0 saturated heterocycles. The normalized spacial score (nSPS) is 11.8. The van der Waals surface area contributed by atoms with E-state index in [4.69, 9.17) is 5.41 Å². The highest BCUT2D eigenvalue weighted by Gasteiger charge is 2.11. The van der Waals surface area contributed by atoms with Crippen molar-refractivity contribution in [3.63, 3.8) is 0 Å². The van der Waals surface area contributed by atoms with Crippen LogP contribution in [0.2, 0.25) is 0 Å². The van der Waals surface area contributed by atoms with Crippen LogP contribution in [0.1, 0.15) is 18.1 Å². The van der Waals surface area contributed by atoms with E-state index in [1.54, 1.807) is 0 Å². The fourth-order valence-corrected chi connectivity index (χ4v) is 4.95. The van der Waals surface area contributed by atoms with E-state index >= 15 is 0 Å². The van der Waals surface area contributed by atoms with E-state index < -0.39 is 0 Å². The minimum atomic E-state index is 0.514. The molecule has 0 aliphatic carbocycles. The van der Waals surface area contributed by atoms with Crippen molar-refractivity contribution in [2.45, 2.75) is 6.92 Å². The Balaban J connectivity index is 1.34. The quantitative estimate of drug-likeness (QED) is 0.248. The molecule has 0 aliphatic heterocycles. The number of fused-ring (bicyclic) bond motifs is 3. The molecular formula is C34H26N2. The maximum Gasteiger partial charge on any atom is 0.0615 e. The molecule has 0 unspecified atom stereocenters. The molecule has 0 saturated carbocycles. The van der Waals surface area contributed by atoms with Crippen molar-refractivity contribution >= 4 is 33.1 Å². The summed E-state index contributed by atoms with van der Waals surface area (Å²) in [6, 6.07) is 44.3. The van der Waals surface area contributed by atoms with Crippen molar-refractivity contribution in [2.75, 3.05) is 0 Å². The van der Waals surface area contributed by atoms with Crippen LogP contribution < -0.4 is 0 Å². The van der Waals surface area contributed by atoms with Gasteiger partial charge in [0.1, 0.15) is 0 Å². The highest BCUT2D eigenvalue weighted by atomic mass is 15.0. The number of aromatic nitrogens is 1. The summed E-state index contributed by atoms with van der Waals surface area (Å²) >= 11 is 0. The molecule has 6 rings (SSSR count). The third-order valence-corrected chi connectivity index (χ3v) is 6.80. The van der Waals surface area contributed by atoms with Crippen molar-refractivity contribution in [3.05, 3.63) is 145 Å². The smallest absolute Gasteiger partial charge is 0.0615 e. The maximum atomic E-state index is 8.67. The van der Waals surface area contributed by atoms with Crippen molar-refractivity contribution in [1.29, 1.82) is 5.41 Å². The number of allylic oxidation sites excluding steroid dienone is 2. The average Bonchev–Trinajstić information content (AvgIpc) is 3.28. The zero-order chi connectivity index (χ0) is 24.5. The molecule has 0 spiro atoms. The Morgan fingerprint density at radius 1 is 0.583 bits per heavy atom. The van der Waals surface area contributed by atoms with E-state index in [0.29, 0.717) is 5.71 Å². The molecule has 0 amide bonds. The Hall–Kier alpha value is -4.69. The van der Waals surface area contributed by atoms with E-state index in [9.17, 15) is 0 Å². The van der Waals surface area contributed by atoms with Gasteiger partial charge in [-0.3, -0.25) is 0 Å². The lowest BCUT2D eigenvalue weighted by molar-refractivity contribution is 1.18. The first kappa shape index (κ1) is 21.8. The number of hydrogen-bond acceptors (Lipinski definition) is 1. The number of hydrogen-bond donors (Lipinski definition) is 1. The predicted octanol–water partition coefficient (Wildman–Crippen LogP) is 8.92. The zero-order valence-corrected chi connectivity index (χ0v) is 20.1. The molecule has 0 aliphatic rings. The van der Waals surface area contributed by atoms with Gasteiger partial charge in [-0.1, -0.05) is 97.1 Å². The van der Waals surface area contributed by atoms with Gasteiger partial charge in [-0.2, -0.15) is 0 Å². The van der Waals surface area contributed by atoms with E-state index in [1.807, 2.05) is 36.4 Å². The van der Waals surface area contributed by atoms with Crippen LogP contribution in [0.15, 0.2) is 133 Å². The van der Waals surface area contributed by atoms with Gasteiger partial charge in [-0.15, -0.1) is 0 Å². The summed E-state index contributed by atoms with van der Waals surface area (Å²) in [6.07, 6.45) is 1.94. The van der Waals surface area contributed by atoms with Crippen LogP contribution in [0, 0.1) is 5.41 Å². The average molecular weight is 463 g/mol. The number of benzene rings is 5. The summed E-state index contributed by atoms with van der Waals surface area (Å²) in [5.41, 5.74) is 9.45. The van der Waals surface area contributed by atoms with Crippen molar-refractivity contribution < 1.29 is 0 Å². The van der Waals surface area contributed by atoms with E-state index in [-0.39, 0.29) is 0 Å². The summed E-state index contributed by atoms with van der Waals surface area (Å²) in [4.78, 5) is 0. The van der Waals surface area contributed by atoms with E-state index in [0.717, 1.165) is 33.5 Å². The van der Waals surface area contributed by atoms with Gasteiger partial charge in [0, 0.05) is 22.0 Å². The second kappa shape index (κ2) is 9.16. The van der Waals surface area contributed by atoms with Crippen LogP contribution >= 0.6 is 0 Å². The lowest BCUT2D eigenvalue weighted by Crippen LogP contribution is -1.97. The van der Waals surface area contributed by atoms with Crippen molar-refractivity contribution in [1.82, 2.24) is 4.57 Å². The molecule has 0 fully saturated rings. The molecule has 172 valence electrons. The molecule has 2 nitrogen and oxygen atoms in total. The summed E-state index contributed by atoms with van der Waals surface area (Å²) in [6.45, 7) is 2.06. The number of nitrogens with zero attached hydrogens (tertiary/aromatic N) is 1. The van der Waals surface area contributed by atoms with Gasteiger partial charge in [0.15, 0.2) is 0 Å². The third-order valence-electron chi connectivity index (χ3n) is 6.80. The van der Waals surface area contributed by atoms with Crippen LogP contribution in [0.4, 0.5) is 0 Å². The summed E-state index contributed by atoms with van der Waals surface area (Å²) in [5.74, 6) is 0. The van der Waals surface area contributed by atoms with Gasteiger partial charge in [-0.05, 0) is 65.6 Å². The standard InChI is InChI=1S/C34H26N2/c1-24(25-10-3-2-4-11-25)22-32(35)28-13-9-12-27(23-28)26-18-20-29(21-19-26)36-33-16-7-5-14-30(33)31-15-6-8-17-34(31)36/h2-23,35H,1H3/b24-22-,35-32?. The molecule has 5 aromatic carbocycles. The van der Waals surface area contributed by atoms with E-state index in [2.05, 4.69) is 109 Å². The molecule has 0 atom stereocenters. The zero-order valence-electron chi connectivity index (χ0n) is 20.1. The molecule has 1 N–H and O–H groups in total. The van der Waals surface area contributed by atoms with Gasteiger partial charge < -0.3 is 9.98 Å². The van der Waals surface area contributed by atoms with Gasteiger partial charge in [0.05, 0.1) is 16.7 Å². The number of nitrogens with one attached hydrogen (secondary N) is 1. The maximum absolute atomic E-state index is 8.67. The van der Waals surface area contributed by atoms with Crippen LogP contribution in [-0.2, 0) is 0 Å². The molecule has 0 bridgehead atoms. The van der Waals surface area contributed by atoms with Crippen LogP contribution in [0.25, 0.3) is 44.2 Å². The van der Waals surface area contributed by atoms with Gasteiger partial charge in [0.2, 0.25) is 0 Å². The molecule has 1 heterocycles. The minimum Gasteiger partial charge on any atom is -0.309 e. The number of rotatable bonds is 5. The Labute approximate surface area is 211 Å². The molecule has 0 radical (unpaired) electrons. The van der Waals surface area contributed by atoms with Crippen molar-refractivity contribution in [3.8, 4) is 16.8 Å². The first-order chi connectivity index (χ1) is 17.7. The first-order valence-corrected chi connectivity index (χ1v) is 12.2. The van der Waals surface area contributed by atoms with Crippen LogP contribution in [0.5, 0.6) is 0 Å². The highest BCUT2D eigenvalue weighted by molar-refractivity contribution is 6.11. The Morgan fingerprint density at radius 3 is 1.83 bits per heavy atom. The monoisotopic (exact) mass is 462 g/mol. The van der Waals surface area contributed by atoms with Crippen molar-refractivity contribution in [2.24, 2.45) is 0 Å². The van der Waals surface area contributed by atoms with Crippen LogP contribution in [-0.4, -0.2) is 10.3 Å². The topological polar surface area (TPSA) is 28.8 Å². The lowest BCUT2D eigenvalue weighted by Gasteiger charge is -2.10. The molecular weight excluding hydrogens is 436 g/mol. The summed E-state index contributed by atoms with van der Waals surface area (Å²) in [7, 11) is 0. The van der Waals surface area contributed by atoms with E-state index in [1.165, 1.54) is 21.8 Å². The summed E-state index contributed by atoms with van der Waals surface area (Å²) in [5, 5.41) is 11.2. The first-order valence-electron chi connectivity index (χ1n) is 12.2. The Bertz CT molecular complexity index is 1680. The van der Waals surface area contributed by atoms with Gasteiger partial charge in [0.25, 0.3) is 0 Å². The summed E-state index contributed by atoms with van der Waals surface area (Å²) < 4.78 is 2.33. The largest absolute Gasteiger partial charge is 0.309 e. The van der Waals surface area contributed by atoms with Gasteiger partial charge >= 0.3 is 0 Å².